The number of rotatable bonds is 3. The van der Waals surface area contributed by atoms with E-state index in [1.165, 1.54) is 0 Å². The number of aromatic nitrogens is 3. The third-order valence-electron chi connectivity index (χ3n) is 3.65. The molecule has 4 heteroatoms. The molecule has 1 aromatic carbocycles. The first kappa shape index (κ1) is 15.0. The van der Waals surface area contributed by atoms with Gasteiger partial charge in [-0.3, -0.25) is 4.98 Å². The lowest BCUT2D eigenvalue weighted by molar-refractivity contribution is 0.357. The van der Waals surface area contributed by atoms with Gasteiger partial charge < -0.3 is 4.52 Å². The monoisotopic (exact) mass is 303 g/mol. The summed E-state index contributed by atoms with van der Waals surface area (Å²) >= 11 is 0. The molecule has 0 saturated heterocycles. The van der Waals surface area contributed by atoms with Crippen molar-refractivity contribution in [3.05, 3.63) is 65.8 Å². The molecule has 0 amide bonds. The van der Waals surface area contributed by atoms with Crippen LogP contribution in [0.25, 0.3) is 11.4 Å². The van der Waals surface area contributed by atoms with E-state index in [0.717, 1.165) is 23.1 Å². The fourth-order valence-corrected chi connectivity index (χ4v) is 2.01. The van der Waals surface area contributed by atoms with Gasteiger partial charge in [0, 0.05) is 35.0 Å². The van der Waals surface area contributed by atoms with Crippen LogP contribution in [0, 0.1) is 11.8 Å². The Morgan fingerprint density at radius 2 is 1.65 bits per heavy atom. The second-order valence-electron chi connectivity index (χ2n) is 5.33. The van der Waals surface area contributed by atoms with Gasteiger partial charge in [0.15, 0.2) is 0 Å². The maximum atomic E-state index is 5.31. The Morgan fingerprint density at radius 3 is 2.30 bits per heavy atom. The number of hydrogen-bond donors (Lipinski definition) is 0. The number of benzene rings is 1. The van der Waals surface area contributed by atoms with Crippen LogP contribution in [-0.4, -0.2) is 15.1 Å². The molecule has 2 heterocycles. The molecule has 0 bridgehead atoms. The highest BCUT2D eigenvalue weighted by atomic mass is 16.5. The minimum atomic E-state index is 0.279. The molecule has 114 valence electrons. The van der Waals surface area contributed by atoms with Crippen LogP contribution in [0.5, 0.6) is 0 Å². The topological polar surface area (TPSA) is 51.8 Å². The van der Waals surface area contributed by atoms with Crippen molar-refractivity contribution >= 4 is 0 Å². The van der Waals surface area contributed by atoms with Gasteiger partial charge in [0.1, 0.15) is 0 Å². The van der Waals surface area contributed by atoms with Crippen molar-refractivity contribution in [1.82, 2.24) is 15.1 Å². The van der Waals surface area contributed by atoms with Gasteiger partial charge in [0.2, 0.25) is 11.7 Å². The summed E-state index contributed by atoms with van der Waals surface area (Å²) in [5.41, 5.74) is 2.81. The molecule has 2 aromatic heterocycles. The maximum Gasteiger partial charge on any atom is 0.229 e. The van der Waals surface area contributed by atoms with Crippen molar-refractivity contribution in [1.29, 1.82) is 0 Å². The molecule has 3 rings (SSSR count). The molecule has 0 radical (unpaired) electrons. The van der Waals surface area contributed by atoms with Gasteiger partial charge in [-0.2, -0.15) is 4.98 Å². The molecular formula is C19H17N3O. The first-order chi connectivity index (χ1) is 11.3. The van der Waals surface area contributed by atoms with E-state index >= 15 is 0 Å². The van der Waals surface area contributed by atoms with Crippen LogP contribution < -0.4 is 0 Å². The molecule has 0 aliphatic heterocycles. The lowest BCUT2D eigenvalue weighted by Gasteiger charge is -1.98. The zero-order valence-electron chi connectivity index (χ0n) is 13.2. The van der Waals surface area contributed by atoms with Crippen LogP contribution in [0.15, 0.2) is 53.3 Å². The van der Waals surface area contributed by atoms with Gasteiger partial charge in [0.25, 0.3) is 0 Å². The van der Waals surface area contributed by atoms with Gasteiger partial charge in [-0.15, -0.1) is 0 Å². The number of hydrogen-bond acceptors (Lipinski definition) is 4. The third kappa shape index (κ3) is 3.64. The molecule has 0 saturated carbocycles. The van der Waals surface area contributed by atoms with E-state index in [9.17, 15) is 0 Å². The lowest BCUT2D eigenvalue weighted by atomic mass is 10.1. The second-order valence-corrected chi connectivity index (χ2v) is 5.33. The Kier molecular flexibility index (Phi) is 4.49. The molecule has 0 spiro atoms. The third-order valence-corrected chi connectivity index (χ3v) is 3.65. The zero-order chi connectivity index (χ0) is 16.1. The highest BCUT2D eigenvalue weighted by Gasteiger charge is 2.13. The lowest BCUT2D eigenvalue weighted by Crippen LogP contribution is -1.91. The Balaban J connectivity index is 1.77. The largest absolute Gasteiger partial charge is 0.339 e. The minimum Gasteiger partial charge on any atom is -0.339 e. The predicted molar refractivity (Wildman–Crippen MR) is 88.7 cm³/mol. The van der Waals surface area contributed by atoms with Crippen LogP contribution in [0.1, 0.15) is 43.2 Å². The van der Waals surface area contributed by atoms with E-state index in [-0.39, 0.29) is 5.92 Å². The maximum absolute atomic E-state index is 5.31. The summed E-state index contributed by atoms with van der Waals surface area (Å²) in [4.78, 5) is 8.43. The fraction of sp³-hybridized carbons (Fsp3) is 0.211. The smallest absolute Gasteiger partial charge is 0.229 e. The quantitative estimate of drug-likeness (QED) is 0.685. The Morgan fingerprint density at radius 1 is 1.00 bits per heavy atom. The SMILES string of the molecule is CC[C@@H](C)c1nc(-c2ccc(C#Cc3ccncc3)cc2)no1. The summed E-state index contributed by atoms with van der Waals surface area (Å²) in [6.45, 7) is 4.18. The van der Waals surface area contributed by atoms with Crippen molar-refractivity contribution < 1.29 is 4.52 Å². The van der Waals surface area contributed by atoms with Crippen LogP contribution in [0.2, 0.25) is 0 Å². The second kappa shape index (κ2) is 6.89. The molecule has 0 unspecified atom stereocenters. The van der Waals surface area contributed by atoms with E-state index in [4.69, 9.17) is 4.52 Å². The van der Waals surface area contributed by atoms with E-state index in [1.54, 1.807) is 12.4 Å². The number of nitrogens with zero attached hydrogens (tertiary/aromatic N) is 3. The van der Waals surface area contributed by atoms with E-state index < -0.39 is 0 Å². The summed E-state index contributed by atoms with van der Waals surface area (Å²) in [5, 5.41) is 4.05. The van der Waals surface area contributed by atoms with Gasteiger partial charge in [0.05, 0.1) is 0 Å². The summed E-state index contributed by atoms with van der Waals surface area (Å²) in [6, 6.07) is 11.6. The normalized spacial score (nSPS) is 11.6. The van der Waals surface area contributed by atoms with Crippen LogP contribution in [0.3, 0.4) is 0 Å². The van der Waals surface area contributed by atoms with Crippen molar-refractivity contribution in [2.45, 2.75) is 26.2 Å². The highest BCUT2D eigenvalue weighted by Crippen LogP contribution is 2.21. The van der Waals surface area contributed by atoms with Crippen molar-refractivity contribution in [2.24, 2.45) is 0 Å². The van der Waals surface area contributed by atoms with Crippen molar-refractivity contribution in [3.8, 4) is 23.2 Å². The predicted octanol–water partition coefficient (Wildman–Crippen LogP) is 4.04. The van der Waals surface area contributed by atoms with Gasteiger partial charge in [-0.05, 0) is 42.8 Å². The van der Waals surface area contributed by atoms with Crippen LogP contribution >= 0.6 is 0 Å². The average molecular weight is 303 g/mol. The Hall–Kier alpha value is -2.93. The van der Waals surface area contributed by atoms with Gasteiger partial charge in [-0.1, -0.05) is 30.8 Å². The first-order valence-corrected chi connectivity index (χ1v) is 7.62. The standard InChI is InChI=1S/C19H17N3O/c1-3-14(2)19-21-18(22-23-19)17-8-6-15(7-9-17)4-5-16-10-12-20-13-11-16/h6-14H,3H2,1-2H3/t14-/m1/s1. The summed E-state index contributed by atoms with van der Waals surface area (Å²) in [5.74, 6) is 7.82. The van der Waals surface area contributed by atoms with Gasteiger partial charge in [-0.25, -0.2) is 0 Å². The first-order valence-electron chi connectivity index (χ1n) is 7.62. The van der Waals surface area contributed by atoms with Crippen molar-refractivity contribution in [3.63, 3.8) is 0 Å². The summed E-state index contributed by atoms with van der Waals surface area (Å²) < 4.78 is 5.31. The molecule has 1 atom stereocenters. The average Bonchev–Trinajstić information content (AvgIpc) is 3.11. The highest BCUT2D eigenvalue weighted by molar-refractivity contribution is 5.56. The number of pyridine rings is 1. The summed E-state index contributed by atoms with van der Waals surface area (Å²) in [7, 11) is 0. The van der Waals surface area contributed by atoms with Gasteiger partial charge >= 0.3 is 0 Å². The Labute approximate surface area is 135 Å². The molecule has 0 aliphatic rings. The van der Waals surface area contributed by atoms with Crippen molar-refractivity contribution in [2.75, 3.05) is 0 Å². The fourth-order valence-electron chi connectivity index (χ4n) is 2.01. The minimum absolute atomic E-state index is 0.279. The van der Waals surface area contributed by atoms with E-state index in [1.807, 2.05) is 36.4 Å². The molecule has 0 fully saturated rings. The molecular weight excluding hydrogens is 286 g/mol. The van der Waals surface area contributed by atoms with E-state index in [2.05, 4.69) is 40.8 Å². The molecule has 0 N–H and O–H groups in total. The Bertz CT molecular complexity index is 826. The zero-order valence-corrected chi connectivity index (χ0v) is 13.2. The molecule has 3 aromatic rings. The van der Waals surface area contributed by atoms with Crippen LogP contribution in [-0.2, 0) is 0 Å². The molecule has 23 heavy (non-hydrogen) atoms. The molecule has 0 aliphatic carbocycles. The van der Waals surface area contributed by atoms with Crippen LogP contribution in [0.4, 0.5) is 0 Å². The summed E-state index contributed by atoms with van der Waals surface area (Å²) in [6.07, 6.45) is 4.45. The van der Waals surface area contributed by atoms with E-state index in [0.29, 0.717) is 11.7 Å². The molecule has 4 nitrogen and oxygen atoms in total.